The number of hydrogen-bond donors (Lipinski definition) is 1. The minimum atomic E-state index is -0.486. The molecule has 1 N–H and O–H groups in total. The molecule has 0 aliphatic heterocycles. The van der Waals surface area contributed by atoms with E-state index in [0.29, 0.717) is 12.3 Å². The first-order chi connectivity index (χ1) is 10.1. The molecule has 1 unspecified atom stereocenters. The molecule has 0 aliphatic carbocycles. The van der Waals surface area contributed by atoms with E-state index < -0.39 is 6.10 Å². The van der Waals surface area contributed by atoms with E-state index in [1.165, 1.54) is 0 Å². The van der Waals surface area contributed by atoms with Crippen molar-refractivity contribution in [3.05, 3.63) is 28.7 Å². The molecule has 1 atom stereocenters. The Morgan fingerprint density at radius 3 is 2.48 bits per heavy atom. The first-order valence-corrected chi connectivity index (χ1v) is 8.28. The molecule has 0 radical (unpaired) electrons. The Bertz CT molecular complexity index is 419. The molecule has 0 heterocycles. The third-order valence-electron chi connectivity index (χ3n) is 3.34. The van der Waals surface area contributed by atoms with Gasteiger partial charge in [0.05, 0.1) is 0 Å². The van der Waals surface area contributed by atoms with Gasteiger partial charge in [0.15, 0.2) is 6.10 Å². The van der Waals surface area contributed by atoms with Crippen molar-refractivity contribution in [2.24, 2.45) is 0 Å². The summed E-state index contributed by atoms with van der Waals surface area (Å²) in [6.07, 6.45) is 0.470. The molecule has 0 aromatic heterocycles. The molecule has 5 heteroatoms. The highest BCUT2D eigenvalue weighted by atomic mass is 79.9. The minimum absolute atomic E-state index is 0.0718. The summed E-state index contributed by atoms with van der Waals surface area (Å²) in [5, 5.41) is 2.92. The largest absolute Gasteiger partial charge is 0.481 e. The van der Waals surface area contributed by atoms with Crippen LogP contribution >= 0.6 is 15.9 Å². The van der Waals surface area contributed by atoms with E-state index in [1.807, 2.05) is 24.3 Å². The van der Waals surface area contributed by atoms with Gasteiger partial charge in [0.25, 0.3) is 5.91 Å². The van der Waals surface area contributed by atoms with E-state index in [9.17, 15) is 4.79 Å². The van der Waals surface area contributed by atoms with Gasteiger partial charge in [-0.1, -0.05) is 29.8 Å². The fourth-order valence-corrected chi connectivity index (χ4v) is 2.23. The molecular formula is C16H25BrN2O2. The van der Waals surface area contributed by atoms with Crippen molar-refractivity contribution < 1.29 is 9.53 Å². The van der Waals surface area contributed by atoms with Crippen LogP contribution in [-0.2, 0) is 4.79 Å². The number of benzene rings is 1. The van der Waals surface area contributed by atoms with Crippen molar-refractivity contribution in [2.45, 2.75) is 33.3 Å². The van der Waals surface area contributed by atoms with Gasteiger partial charge in [0, 0.05) is 11.0 Å². The van der Waals surface area contributed by atoms with Crippen LogP contribution in [0.15, 0.2) is 28.7 Å². The number of amides is 1. The summed E-state index contributed by atoms with van der Waals surface area (Å²) in [6, 6.07) is 7.47. The molecule has 1 rings (SSSR count). The van der Waals surface area contributed by atoms with E-state index in [-0.39, 0.29) is 5.91 Å². The van der Waals surface area contributed by atoms with Crippen LogP contribution in [0.4, 0.5) is 0 Å². The van der Waals surface area contributed by atoms with Crippen molar-refractivity contribution in [2.75, 3.05) is 26.2 Å². The fraction of sp³-hybridized carbons (Fsp3) is 0.562. The normalized spacial score (nSPS) is 12.2. The fourth-order valence-electron chi connectivity index (χ4n) is 1.97. The molecule has 1 aromatic rings. The second-order valence-electron chi connectivity index (χ2n) is 4.89. The lowest BCUT2D eigenvalue weighted by molar-refractivity contribution is -0.127. The highest BCUT2D eigenvalue weighted by molar-refractivity contribution is 9.10. The molecule has 1 amide bonds. The maximum absolute atomic E-state index is 11.9. The van der Waals surface area contributed by atoms with Gasteiger partial charge in [-0.3, -0.25) is 4.79 Å². The van der Waals surface area contributed by atoms with Crippen LogP contribution in [0.2, 0.25) is 0 Å². The van der Waals surface area contributed by atoms with Crippen molar-refractivity contribution in [3.63, 3.8) is 0 Å². The Morgan fingerprint density at radius 2 is 1.90 bits per heavy atom. The predicted octanol–water partition coefficient (Wildman–Crippen LogP) is 3.06. The van der Waals surface area contributed by atoms with E-state index in [0.717, 1.165) is 30.5 Å². The monoisotopic (exact) mass is 356 g/mol. The van der Waals surface area contributed by atoms with Gasteiger partial charge >= 0.3 is 0 Å². The molecule has 0 saturated heterocycles. The standard InChI is InChI=1S/C16H25BrN2O2/c1-4-19(5-2)12-6-11-18-16(20)13(3)21-15-9-7-14(17)8-10-15/h7-10,13H,4-6,11-12H2,1-3H3,(H,18,20). The summed E-state index contributed by atoms with van der Waals surface area (Å²) in [7, 11) is 0. The second-order valence-corrected chi connectivity index (χ2v) is 5.80. The molecule has 21 heavy (non-hydrogen) atoms. The maximum atomic E-state index is 11.9. The molecule has 0 bridgehead atoms. The minimum Gasteiger partial charge on any atom is -0.481 e. The average molecular weight is 357 g/mol. The Morgan fingerprint density at radius 1 is 1.29 bits per heavy atom. The van der Waals surface area contributed by atoms with Crippen molar-refractivity contribution in [3.8, 4) is 5.75 Å². The number of nitrogens with zero attached hydrogens (tertiary/aromatic N) is 1. The highest BCUT2D eigenvalue weighted by Gasteiger charge is 2.13. The van der Waals surface area contributed by atoms with Gasteiger partial charge in [-0.2, -0.15) is 0 Å². The molecule has 118 valence electrons. The van der Waals surface area contributed by atoms with E-state index in [4.69, 9.17) is 4.74 Å². The first kappa shape index (κ1) is 18.0. The molecule has 0 aliphatic rings. The van der Waals surface area contributed by atoms with Gasteiger partial charge in [-0.05, 0) is 57.2 Å². The van der Waals surface area contributed by atoms with Crippen LogP contribution in [0.5, 0.6) is 5.75 Å². The van der Waals surface area contributed by atoms with E-state index in [2.05, 4.69) is 40.0 Å². The summed E-state index contributed by atoms with van der Waals surface area (Å²) in [4.78, 5) is 14.3. The van der Waals surface area contributed by atoms with Gasteiger partial charge in [0.1, 0.15) is 5.75 Å². The van der Waals surface area contributed by atoms with Crippen LogP contribution < -0.4 is 10.1 Å². The summed E-state index contributed by atoms with van der Waals surface area (Å²) in [5.41, 5.74) is 0. The Balaban J connectivity index is 2.26. The molecule has 1 aromatic carbocycles. The number of carbonyl (C=O) groups excluding carboxylic acids is 1. The summed E-state index contributed by atoms with van der Waals surface area (Å²) in [5.74, 6) is 0.626. The molecule has 0 fully saturated rings. The highest BCUT2D eigenvalue weighted by Crippen LogP contribution is 2.17. The van der Waals surface area contributed by atoms with Crippen LogP contribution in [0.25, 0.3) is 0 Å². The van der Waals surface area contributed by atoms with Crippen LogP contribution in [-0.4, -0.2) is 43.1 Å². The summed E-state index contributed by atoms with van der Waals surface area (Å²) in [6.45, 7) is 9.86. The van der Waals surface area contributed by atoms with Gasteiger partial charge in [-0.25, -0.2) is 0 Å². The quantitative estimate of drug-likeness (QED) is 0.691. The van der Waals surface area contributed by atoms with Crippen molar-refractivity contribution >= 4 is 21.8 Å². The first-order valence-electron chi connectivity index (χ1n) is 7.49. The average Bonchev–Trinajstić information content (AvgIpc) is 2.49. The number of ether oxygens (including phenoxy) is 1. The SMILES string of the molecule is CCN(CC)CCCNC(=O)C(C)Oc1ccc(Br)cc1. The molecule has 0 spiro atoms. The van der Waals surface area contributed by atoms with Crippen LogP contribution in [0.1, 0.15) is 27.2 Å². The Kier molecular flexibility index (Phi) is 8.38. The second kappa shape index (κ2) is 9.79. The van der Waals surface area contributed by atoms with Crippen LogP contribution in [0, 0.1) is 0 Å². The van der Waals surface area contributed by atoms with E-state index >= 15 is 0 Å². The predicted molar refractivity (Wildman–Crippen MR) is 89.6 cm³/mol. The lowest BCUT2D eigenvalue weighted by atomic mass is 10.3. The van der Waals surface area contributed by atoms with Gasteiger partial charge in [0.2, 0.25) is 0 Å². The number of nitrogens with one attached hydrogen (secondary N) is 1. The van der Waals surface area contributed by atoms with E-state index in [1.54, 1.807) is 6.92 Å². The third kappa shape index (κ3) is 6.96. The third-order valence-corrected chi connectivity index (χ3v) is 3.87. The molecular weight excluding hydrogens is 332 g/mol. The van der Waals surface area contributed by atoms with Gasteiger partial charge < -0.3 is 15.0 Å². The van der Waals surface area contributed by atoms with Gasteiger partial charge in [-0.15, -0.1) is 0 Å². The lowest BCUT2D eigenvalue weighted by Gasteiger charge is -2.18. The lowest BCUT2D eigenvalue weighted by Crippen LogP contribution is -2.37. The summed E-state index contributed by atoms with van der Waals surface area (Å²) >= 11 is 3.37. The zero-order valence-electron chi connectivity index (χ0n) is 13.1. The Hall–Kier alpha value is -1.07. The smallest absolute Gasteiger partial charge is 0.260 e. The topological polar surface area (TPSA) is 41.6 Å². The van der Waals surface area contributed by atoms with Crippen LogP contribution in [0.3, 0.4) is 0 Å². The molecule has 0 saturated carbocycles. The zero-order valence-corrected chi connectivity index (χ0v) is 14.6. The number of carbonyl (C=O) groups is 1. The number of halogens is 1. The Labute approximate surface area is 136 Å². The number of hydrogen-bond acceptors (Lipinski definition) is 3. The maximum Gasteiger partial charge on any atom is 0.260 e. The zero-order chi connectivity index (χ0) is 15.7. The number of rotatable bonds is 9. The summed E-state index contributed by atoms with van der Waals surface area (Å²) < 4.78 is 6.60. The molecule has 4 nitrogen and oxygen atoms in total. The van der Waals surface area contributed by atoms with Crippen molar-refractivity contribution in [1.29, 1.82) is 0 Å². The van der Waals surface area contributed by atoms with Crippen molar-refractivity contribution in [1.82, 2.24) is 10.2 Å².